The van der Waals surface area contributed by atoms with Crippen LogP contribution in [0.15, 0.2) is 42.5 Å². The molecular formula is C19H17N3O8. The van der Waals surface area contributed by atoms with Gasteiger partial charge in [0.15, 0.2) is 6.61 Å². The van der Waals surface area contributed by atoms with Crippen molar-refractivity contribution in [3.8, 4) is 0 Å². The molecule has 0 saturated carbocycles. The van der Waals surface area contributed by atoms with E-state index in [2.05, 4.69) is 15.4 Å². The molecule has 0 aliphatic heterocycles. The predicted molar refractivity (Wildman–Crippen MR) is 103 cm³/mol. The molecule has 0 atom stereocenters. The van der Waals surface area contributed by atoms with Crippen molar-refractivity contribution in [3.05, 3.63) is 69.3 Å². The first-order valence-electron chi connectivity index (χ1n) is 8.42. The molecule has 11 heteroatoms. The number of rotatable bonds is 7. The molecule has 0 aliphatic carbocycles. The van der Waals surface area contributed by atoms with Gasteiger partial charge in [0.1, 0.15) is 0 Å². The van der Waals surface area contributed by atoms with Crippen molar-refractivity contribution in [1.29, 1.82) is 0 Å². The van der Waals surface area contributed by atoms with E-state index in [1.807, 2.05) is 0 Å². The number of amides is 2. The summed E-state index contributed by atoms with van der Waals surface area (Å²) in [6.45, 7) is -0.695. The molecule has 0 aromatic heterocycles. The van der Waals surface area contributed by atoms with Crippen LogP contribution in [0.2, 0.25) is 0 Å². The molecule has 30 heavy (non-hydrogen) atoms. The van der Waals surface area contributed by atoms with Gasteiger partial charge in [-0.15, -0.1) is 0 Å². The molecule has 2 aromatic carbocycles. The summed E-state index contributed by atoms with van der Waals surface area (Å²) in [5, 5.41) is 15.9. The highest BCUT2D eigenvalue weighted by Crippen LogP contribution is 2.19. The molecular weight excluding hydrogens is 398 g/mol. The van der Waals surface area contributed by atoms with E-state index in [1.165, 1.54) is 19.2 Å². The van der Waals surface area contributed by atoms with Crippen LogP contribution >= 0.6 is 0 Å². The lowest BCUT2D eigenvalue weighted by atomic mass is 10.1. The van der Waals surface area contributed by atoms with Crippen molar-refractivity contribution >= 4 is 35.1 Å². The maximum atomic E-state index is 12.2. The number of anilines is 1. The second-order valence-electron chi connectivity index (χ2n) is 5.80. The van der Waals surface area contributed by atoms with Crippen LogP contribution < -0.4 is 10.6 Å². The van der Waals surface area contributed by atoms with Gasteiger partial charge in [-0.2, -0.15) is 0 Å². The van der Waals surface area contributed by atoms with Crippen LogP contribution in [0.3, 0.4) is 0 Å². The monoisotopic (exact) mass is 415 g/mol. The van der Waals surface area contributed by atoms with Crippen LogP contribution in [-0.4, -0.2) is 49.4 Å². The largest absolute Gasteiger partial charge is 0.465 e. The standard InChI is InChI=1S/C19H17N3O8/c1-20-17(24)11-4-3-5-14(7-11)21-16(23)10-30-19(26)13-6-12(18(25)29-2)8-15(9-13)22(27)28/h3-9H,10H2,1-2H3,(H,20,24)(H,21,23). The summed E-state index contributed by atoms with van der Waals surface area (Å²) in [6, 6.07) is 9.01. The number of nitrogens with one attached hydrogen (secondary N) is 2. The van der Waals surface area contributed by atoms with Crippen molar-refractivity contribution in [2.24, 2.45) is 0 Å². The lowest BCUT2D eigenvalue weighted by molar-refractivity contribution is -0.384. The van der Waals surface area contributed by atoms with Gasteiger partial charge in [0.25, 0.3) is 17.5 Å². The van der Waals surface area contributed by atoms with E-state index in [0.717, 1.165) is 25.3 Å². The summed E-state index contributed by atoms with van der Waals surface area (Å²) in [6.07, 6.45) is 0. The molecule has 0 heterocycles. The second-order valence-corrected chi connectivity index (χ2v) is 5.80. The van der Waals surface area contributed by atoms with Crippen molar-refractivity contribution in [1.82, 2.24) is 5.32 Å². The average Bonchev–Trinajstić information content (AvgIpc) is 2.75. The lowest BCUT2D eigenvalue weighted by Gasteiger charge is -2.08. The Labute approximate surface area is 170 Å². The number of non-ortho nitro benzene ring substituents is 1. The van der Waals surface area contributed by atoms with E-state index in [-0.39, 0.29) is 17.0 Å². The quantitative estimate of drug-likeness (QED) is 0.392. The van der Waals surface area contributed by atoms with Gasteiger partial charge in [0, 0.05) is 30.4 Å². The van der Waals surface area contributed by atoms with Gasteiger partial charge >= 0.3 is 11.9 Å². The number of hydrogen-bond acceptors (Lipinski definition) is 8. The van der Waals surface area contributed by atoms with Crippen LogP contribution in [0.25, 0.3) is 0 Å². The Morgan fingerprint density at radius 3 is 2.27 bits per heavy atom. The molecule has 2 amide bonds. The Kier molecular flexibility index (Phi) is 7.17. The van der Waals surface area contributed by atoms with Crippen LogP contribution in [-0.2, 0) is 14.3 Å². The molecule has 2 rings (SSSR count). The molecule has 0 bridgehead atoms. The Morgan fingerprint density at radius 1 is 1.00 bits per heavy atom. The molecule has 0 radical (unpaired) electrons. The zero-order valence-corrected chi connectivity index (χ0v) is 16.0. The summed E-state index contributed by atoms with van der Waals surface area (Å²) in [4.78, 5) is 57.7. The number of nitro benzene ring substituents is 1. The van der Waals surface area contributed by atoms with Crippen molar-refractivity contribution in [2.75, 3.05) is 26.1 Å². The Balaban J connectivity index is 2.07. The van der Waals surface area contributed by atoms with E-state index in [1.54, 1.807) is 12.1 Å². The fraction of sp³-hybridized carbons (Fsp3) is 0.158. The fourth-order valence-corrected chi connectivity index (χ4v) is 2.36. The number of methoxy groups -OCH3 is 1. The molecule has 156 valence electrons. The van der Waals surface area contributed by atoms with Crippen LogP contribution in [0.4, 0.5) is 11.4 Å². The summed E-state index contributed by atoms with van der Waals surface area (Å²) in [7, 11) is 2.55. The number of carbonyl (C=O) groups is 4. The normalized spacial score (nSPS) is 9.93. The summed E-state index contributed by atoms with van der Waals surface area (Å²) in [5.41, 5.74) is -0.395. The van der Waals surface area contributed by atoms with Crippen LogP contribution in [0.5, 0.6) is 0 Å². The van der Waals surface area contributed by atoms with Crippen LogP contribution in [0, 0.1) is 10.1 Å². The molecule has 2 aromatic rings. The first-order chi connectivity index (χ1) is 14.2. The summed E-state index contributed by atoms with van der Waals surface area (Å²) in [5.74, 6) is -2.96. The van der Waals surface area contributed by atoms with Gasteiger partial charge in [-0.25, -0.2) is 9.59 Å². The van der Waals surface area contributed by atoms with E-state index in [4.69, 9.17) is 4.74 Å². The van der Waals surface area contributed by atoms with E-state index < -0.39 is 35.1 Å². The molecule has 0 spiro atoms. The fourth-order valence-electron chi connectivity index (χ4n) is 2.36. The Hall–Kier alpha value is -4.28. The molecule has 0 aliphatic rings. The number of carbonyl (C=O) groups excluding carboxylic acids is 4. The molecule has 0 fully saturated rings. The van der Waals surface area contributed by atoms with E-state index >= 15 is 0 Å². The van der Waals surface area contributed by atoms with Gasteiger partial charge in [-0.05, 0) is 24.3 Å². The topological polar surface area (TPSA) is 154 Å². The SMILES string of the molecule is CNC(=O)c1cccc(NC(=O)COC(=O)c2cc(C(=O)OC)cc([N+](=O)[O-])c2)c1. The number of ether oxygens (including phenoxy) is 2. The highest BCUT2D eigenvalue weighted by molar-refractivity contribution is 5.99. The first kappa shape index (κ1) is 22.0. The minimum absolute atomic E-state index is 0.214. The maximum absolute atomic E-state index is 12.2. The van der Waals surface area contributed by atoms with E-state index in [0.29, 0.717) is 11.3 Å². The highest BCUT2D eigenvalue weighted by Gasteiger charge is 2.20. The van der Waals surface area contributed by atoms with E-state index in [9.17, 15) is 29.3 Å². The second kappa shape index (κ2) is 9.78. The number of esters is 2. The average molecular weight is 415 g/mol. The number of nitro groups is 1. The third kappa shape index (κ3) is 5.61. The van der Waals surface area contributed by atoms with Crippen molar-refractivity contribution < 1.29 is 33.6 Å². The van der Waals surface area contributed by atoms with Crippen LogP contribution in [0.1, 0.15) is 31.1 Å². The van der Waals surface area contributed by atoms with Gasteiger partial charge in [-0.1, -0.05) is 6.07 Å². The first-order valence-corrected chi connectivity index (χ1v) is 8.42. The number of benzene rings is 2. The van der Waals surface area contributed by atoms with Gasteiger partial charge < -0.3 is 20.1 Å². The molecule has 2 N–H and O–H groups in total. The summed E-state index contributed by atoms with van der Waals surface area (Å²) >= 11 is 0. The summed E-state index contributed by atoms with van der Waals surface area (Å²) < 4.78 is 9.36. The Bertz CT molecular complexity index is 1020. The zero-order chi connectivity index (χ0) is 22.3. The lowest BCUT2D eigenvalue weighted by Crippen LogP contribution is -2.22. The predicted octanol–water partition coefficient (Wildman–Crippen LogP) is 1.54. The van der Waals surface area contributed by atoms with Crippen molar-refractivity contribution in [2.45, 2.75) is 0 Å². The third-order valence-electron chi connectivity index (χ3n) is 3.76. The molecule has 0 unspecified atom stereocenters. The zero-order valence-electron chi connectivity index (χ0n) is 16.0. The molecule has 0 saturated heterocycles. The van der Waals surface area contributed by atoms with Gasteiger partial charge in [0.2, 0.25) is 0 Å². The maximum Gasteiger partial charge on any atom is 0.338 e. The van der Waals surface area contributed by atoms with Gasteiger partial charge in [0.05, 0.1) is 23.2 Å². The minimum Gasteiger partial charge on any atom is -0.465 e. The minimum atomic E-state index is -1.04. The van der Waals surface area contributed by atoms with Crippen molar-refractivity contribution in [3.63, 3.8) is 0 Å². The smallest absolute Gasteiger partial charge is 0.338 e. The van der Waals surface area contributed by atoms with Gasteiger partial charge in [-0.3, -0.25) is 19.7 Å². The number of nitrogens with zero attached hydrogens (tertiary/aromatic N) is 1. The molecule has 11 nitrogen and oxygen atoms in total. The highest BCUT2D eigenvalue weighted by atomic mass is 16.6. The number of hydrogen-bond donors (Lipinski definition) is 2. The Morgan fingerprint density at radius 2 is 1.67 bits per heavy atom. The third-order valence-corrected chi connectivity index (χ3v) is 3.76.